The molecule has 5 N–H and O–H groups in total. The van der Waals surface area contributed by atoms with Crippen LogP contribution in [0.4, 0.5) is 0 Å². The highest BCUT2D eigenvalue weighted by molar-refractivity contribution is 6.54. The molecule has 0 aliphatic heterocycles. The molecule has 11 nitrogen and oxygen atoms in total. The van der Waals surface area contributed by atoms with Gasteiger partial charge in [-0.3, -0.25) is 18.7 Å². The van der Waals surface area contributed by atoms with Gasteiger partial charge in [0.25, 0.3) is 5.56 Å². The minimum Gasteiger partial charge on any atom is -0.481 e. The number of carboxylic acid groups (broad SMARTS) is 1. The number of H-pyrrole nitrogens is 1. The van der Waals surface area contributed by atoms with Crippen molar-refractivity contribution in [1.82, 2.24) is 19.1 Å². The van der Waals surface area contributed by atoms with Gasteiger partial charge in [0, 0.05) is 7.05 Å². The van der Waals surface area contributed by atoms with Gasteiger partial charge in [0.15, 0.2) is 5.65 Å². The number of rotatable bonds is 4. The van der Waals surface area contributed by atoms with Gasteiger partial charge < -0.3 is 24.5 Å². The van der Waals surface area contributed by atoms with Crippen molar-refractivity contribution in [2.45, 2.75) is 12.6 Å². The molecule has 0 unspecified atom stereocenters. The van der Waals surface area contributed by atoms with Crippen LogP contribution in [-0.4, -0.2) is 53.4 Å². The number of aromatic amines is 1. The number of nitrogens with one attached hydrogen (secondary N) is 1. The quantitative estimate of drug-likeness (QED) is 0.362. The molecule has 2 heterocycles. The van der Waals surface area contributed by atoms with Gasteiger partial charge in [-0.1, -0.05) is 0 Å². The Balaban J connectivity index is 2.77. The lowest BCUT2D eigenvalue weighted by Crippen LogP contribution is -2.47. The van der Waals surface area contributed by atoms with Gasteiger partial charge in [0.05, 0.1) is 6.17 Å². The third-order valence-electron chi connectivity index (χ3n) is 2.71. The standard InChI is InChI=1S/C9H12N4O7Si/c1-12-8(16)6-7(11-4(10-6)2-5(14)15)13(9(12)17)3-21(18,19)20/h18-20H,2-3H2,1H3,(H,10,11)(H,14,15). The molecule has 12 heteroatoms. The highest BCUT2D eigenvalue weighted by Gasteiger charge is 2.30. The molecule has 0 atom stereocenters. The molecule has 2 rings (SSSR count). The van der Waals surface area contributed by atoms with Gasteiger partial charge in [-0.2, -0.15) is 0 Å². The van der Waals surface area contributed by atoms with Crippen LogP contribution >= 0.6 is 0 Å². The van der Waals surface area contributed by atoms with Crippen molar-refractivity contribution in [2.24, 2.45) is 7.05 Å². The van der Waals surface area contributed by atoms with Gasteiger partial charge >= 0.3 is 20.5 Å². The summed E-state index contributed by atoms with van der Waals surface area (Å²) in [5.41, 5.74) is -2.05. The van der Waals surface area contributed by atoms with Crippen LogP contribution in [0, 0.1) is 0 Å². The molecule has 0 saturated heterocycles. The summed E-state index contributed by atoms with van der Waals surface area (Å²) in [6.45, 7) is 0. The van der Waals surface area contributed by atoms with Gasteiger partial charge in [-0.25, -0.2) is 9.78 Å². The number of aromatic nitrogens is 4. The zero-order chi connectivity index (χ0) is 15.9. The van der Waals surface area contributed by atoms with Crippen molar-refractivity contribution in [1.29, 1.82) is 0 Å². The topological polar surface area (TPSA) is 171 Å². The highest BCUT2D eigenvalue weighted by atomic mass is 28.4. The highest BCUT2D eigenvalue weighted by Crippen LogP contribution is 2.07. The lowest BCUT2D eigenvalue weighted by atomic mass is 10.4. The van der Waals surface area contributed by atoms with Crippen LogP contribution in [0.15, 0.2) is 9.59 Å². The summed E-state index contributed by atoms with van der Waals surface area (Å²) in [6, 6.07) is 0. The molecule has 0 radical (unpaired) electrons. The van der Waals surface area contributed by atoms with Crippen LogP contribution in [0.1, 0.15) is 5.82 Å². The summed E-state index contributed by atoms with van der Waals surface area (Å²) < 4.78 is 1.40. The summed E-state index contributed by atoms with van der Waals surface area (Å²) in [5, 5.41) is 8.70. The number of aliphatic carboxylic acids is 1. The van der Waals surface area contributed by atoms with Crippen LogP contribution in [0.25, 0.3) is 11.2 Å². The Hall–Kier alpha value is -2.28. The Morgan fingerprint density at radius 3 is 2.48 bits per heavy atom. The Morgan fingerprint density at radius 1 is 1.33 bits per heavy atom. The van der Waals surface area contributed by atoms with Crippen LogP contribution in [-0.2, 0) is 24.4 Å². The number of hydrogen-bond donors (Lipinski definition) is 5. The fourth-order valence-corrected chi connectivity index (χ4v) is 2.57. The molecule has 0 bridgehead atoms. The van der Waals surface area contributed by atoms with Crippen molar-refractivity contribution < 1.29 is 24.3 Å². The summed E-state index contributed by atoms with van der Waals surface area (Å²) in [7, 11) is -3.47. The van der Waals surface area contributed by atoms with Gasteiger partial charge in [0.2, 0.25) is 0 Å². The maximum absolute atomic E-state index is 12.0. The SMILES string of the molecule is Cn1c(=O)c2[nH]c(CC(=O)O)nc2n(C[Si](O)(O)O)c1=O. The zero-order valence-corrected chi connectivity index (χ0v) is 11.8. The fraction of sp³-hybridized carbons (Fsp3) is 0.333. The number of imidazole rings is 1. The molecule has 0 aromatic carbocycles. The Bertz CT molecular complexity index is 827. The zero-order valence-electron chi connectivity index (χ0n) is 10.8. The first-order valence-corrected chi connectivity index (χ1v) is 7.72. The van der Waals surface area contributed by atoms with Crippen molar-refractivity contribution >= 4 is 25.9 Å². The molecular formula is C9H12N4O7Si. The molecule has 114 valence electrons. The summed E-state index contributed by atoms with van der Waals surface area (Å²) in [6.07, 6.45) is -1.33. The second-order valence-corrected chi connectivity index (χ2v) is 6.32. The van der Waals surface area contributed by atoms with Crippen molar-refractivity contribution in [3.63, 3.8) is 0 Å². The van der Waals surface area contributed by atoms with E-state index >= 15 is 0 Å². The maximum atomic E-state index is 12.0. The normalized spacial score (nSPS) is 12.0. The third kappa shape index (κ3) is 2.92. The third-order valence-corrected chi connectivity index (χ3v) is 3.46. The van der Waals surface area contributed by atoms with E-state index in [0.717, 1.165) is 7.05 Å². The first-order valence-electron chi connectivity index (χ1n) is 5.67. The number of carboxylic acids is 1. The average Bonchev–Trinajstić information content (AvgIpc) is 2.73. The number of fused-ring (bicyclic) bond motifs is 1. The lowest BCUT2D eigenvalue weighted by molar-refractivity contribution is -0.136. The summed E-state index contributed by atoms with van der Waals surface area (Å²) >= 11 is 0. The van der Waals surface area contributed by atoms with Crippen molar-refractivity contribution in [3.05, 3.63) is 26.7 Å². The van der Waals surface area contributed by atoms with Crippen LogP contribution in [0.5, 0.6) is 0 Å². The lowest BCUT2D eigenvalue weighted by Gasteiger charge is -2.12. The van der Waals surface area contributed by atoms with E-state index in [0.29, 0.717) is 9.13 Å². The van der Waals surface area contributed by atoms with E-state index in [1.165, 1.54) is 0 Å². The van der Waals surface area contributed by atoms with Crippen LogP contribution in [0.3, 0.4) is 0 Å². The molecule has 0 spiro atoms. The molecule has 0 aliphatic carbocycles. The van der Waals surface area contributed by atoms with E-state index < -0.39 is 38.6 Å². The first-order chi connectivity index (χ1) is 9.60. The smallest absolute Gasteiger partial charge is 0.481 e. The van der Waals surface area contributed by atoms with E-state index in [-0.39, 0.29) is 17.0 Å². The molecule has 2 aromatic heterocycles. The maximum Gasteiger partial charge on any atom is 0.513 e. The Labute approximate surface area is 116 Å². The van der Waals surface area contributed by atoms with E-state index in [1.807, 2.05) is 0 Å². The molecule has 2 aromatic rings. The Kier molecular flexibility index (Phi) is 3.54. The molecule has 0 amide bonds. The predicted octanol–water partition coefficient (Wildman–Crippen LogP) is -3.49. The van der Waals surface area contributed by atoms with Gasteiger partial charge in [0.1, 0.15) is 17.8 Å². The monoisotopic (exact) mass is 316 g/mol. The summed E-state index contributed by atoms with van der Waals surface area (Å²) in [5.74, 6) is -1.27. The summed E-state index contributed by atoms with van der Waals surface area (Å²) in [4.78, 5) is 68.2. The second-order valence-electron chi connectivity index (χ2n) is 4.46. The number of carbonyl (C=O) groups is 1. The number of hydrogen-bond acceptors (Lipinski definition) is 7. The van der Waals surface area contributed by atoms with E-state index in [2.05, 4.69) is 9.97 Å². The Morgan fingerprint density at radius 2 is 1.95 bits per heavy atom. The largest absolute Gasteiger partial charge is 0.513 e. The van der Waals surface area contributed by atoms with Gasteiger partial charge in [-0.05, 0) is 0 Å². The van der Waals surface area contributed by atoms with Crippen LogP contribution < -0.4 is 11.2 Å². The predicted molar refractivity (Wildman–Crippen MR) is 69.3 cm³/mol. The van der Waals surface area contributed by atoms with E-state index in [4.69, 9.17) is 19.5 Å². The van der Waals surface area contributed by atoms with E-state index in [1.54, 1.807) is 0 Å². The molecule has 0 saturated carbocycles. The molecular weight excluding hydrogens is 304 g/mol. The van der Waals surface area contributed by atoms with E-state index in [9.17, 15) is 14.4 Å². The first kappa shape index (κ1) is 15.1. The minimum absolute atomic E-state index is 0.0740. The average molecular weight is 316 g/mol. The van der Waals surface area contributed by atoms with Crippen molar-refractivity contribution in [3.8, 4) is 0 Å². The molecule has 21 heavy (non-hydrogen) atoms. The second kappa shape index (κ2) is 4.92. The minimum atomic E-state index is -4.63. The number of nitrogens with zero attached hydrogens (tertiary/aromatic N) is 3. The van der Waals surface area contributed by atoms with Crippen molar-refractivity contribution in [2.75, 3.05) is 0 Å². The fourth-order valence-electron chi connectivity index (χ4n) is 1.86. The van der Waals surface area contributed by atoms with Crippen LogP contribution in [0.2, 0.25) is 0 Å². The van der Waals surface area contributed by atoms with Gasteiger partial charge in [-0.15, -0.1) is 0 Å². The molecule has 0 aliphatic rings. The molecule has 0 fully saturated rings.